The molecule has 25 heavy (non-hydrogen) atoms. The molecule has 2 aromatic rings. The zero-order valence-corrected chi connectivity index (χ0v) is 14.5. The van der Waals surface area contributed by atoms with E-state index in [1.165, 1.54) is 32.1 Å². The Hall–Kier alpha value is -2.37. The van der Waals surface area contributed by atoms with Crippen molar-refractivity contribution in [3.63, 3.8) is 0 Å². The van der Waals surface area contributed by atoms with Crippen LogP contribution >= 0.6 is 0 Å². The third-order valence-corrected chi connectivity index (χ3v) is 4.92. The van der Waals surface area contributed by atoms with Gasteiger partial charge in [0.05, 0.1) is 17.4 Å². The fraction of sp³-hybridized carbons (Fsp3) is 0.526. The molecule has 1 aromatic heterocycles. The van der Waals surface area contributed by atoms with E-state index in [1.807, 2.05) is 6.07 Å². The molecule has 0 radical (unpaired) electrons. The maximum absolute atomic E-state index is 12.1. The number of aromatic amines is 1. The van der Waals surface area contributed by atoms with Gasteiger partial charge in [0.15, 0.2) is 0 Å². The predicted octanol–water partition coefficient (Wildman–Crippen LogP) is 2.77. The molecule has 1 aliphatic rings. The van der Waals surface area contributed by atoms with Crippen molar-refractivity contribution >= 4 is 22.8 Å². The van der Waals surface area contributed by atoms with Gasteiger partial charge in [-0.05, 0) is 30.5 Å². The van der Waals surface area contributed by atoms with Gasteiger partial charge >= 0.3 is 0 Å². The average molecular weight is 342 g/mol. The summed E-state index contributed by atoms with van der Waals surface area (Å²) in [7, 11) is 0. The van der Waals surface area contributed by atoms with Crippen molar-refractivity contribution in [2.45, 2.75) is 44.9 Å². The van der Waals surface area contributed by atoms with Crippen LogP contribution in [0.2, 0.25) is 0 Å². The third kappa shape index (κ3) is 5.05. The summed E-state index contributed by atoms with van der Waals surface area (Å²) in [5.74, 6) is 0.656. The van der Waals surface area contributed by atoms with Gasteiger partial charge in [0.25, 0.3) is 5.91 Å². The standard InChI is InChI=1S/C19H26N4O2/c24-18(9-6-14-4-2-1-3-5-14)20-10-11-21-19(25)15-7-8-16-17(12-15)23-13-22-16/h7-8,12-14H,1-6,9-11H2,(H,20,24)(H,21,25)(H,22,23). The number of imidazole rings is 1. The van der Waals surface area contributed by atoms with Crippen molar-refractivity contribution in [2.75, 3.05) is 13.1 Å². The third-order valence-electron chi connectivity index (χ3n) is 4.92. The van der Waals surface area contributed by atoms with Crippen LogP contribution in [0.1, 0.15) is 55.3 Å². The lowest BCUT2D eigenvalue weighted by molar-refractivity contribution is -0.121. The maximum Gasteiger partial charge on any atom is 0.251 e. The molecule has 3 rings (SSSR count). The highest BCUT2D eigenvalue weighted by Crippen LogP contribution is 2.27. The highest BCUT2D eigenvalue weighted by atomic mass is 16.2. The van der Waals surface area contributed by atoms with E-state index in [1.54, 1.807) is 18.5 Å². The van der Waals surface area contributed by atoms with Crippen LogP contribution in [0.4, 0.5) is 0 Å². The molecule has 1 saturated carbocycles. The average Bonchev–Trinajstić information content (AvgIpc) is 3.12. The lowest BCUT2D eigenvalue weighted by atomic mass is 9.86. The highest BCUT2D eigenvalue weighted by Gasteiger charge is 2.14. The zero-order valence-electron chi connectivity index (χ0n) is 14.5. The van der Waals surface area contributed by atoms with Crippen LogP contribution in [-0.2, 0) is 4.79 Å². The van der Waals surface area contributed by atoms with Gasteiger partial charge in [-0.2, -0.15) is 0 Å². The monoisotopic (exact) mass is 342 g/mol. The van der Waals surface area contributed by atoms with Crippen molar-refractivity contribution in [3.8, 4) is 0 Å². The van der Waals surface area contributed by atoms with Gasteiger partial charge < -0.3 is 15.6 Å². The molecule has 0 unspecified atom stereocenters. The molecular formula is C19H26N4O2. The number of carbonyl (C=O) groups excluding carboxylic acids is 2. The normalized spacial score (nSPS) is 15.2. The number of nitrogens with one attached hydrogen (secondary N) is 3. The molecule has 134 valence electrons. The number of H-pyrrole nitrogens is 1. The summed E-state index contributed by atoms with van der Waals surface area (Å²) in [6.07, 6.45) is 9.68. The van der Waals surface area contributed by atoms with Crippen molar-refractivity contribution in [1.82, 2.24) is 20.6 Å². The van der Waals surface area contributed by atoms with Crippen molar-refractivity contribution in [2.24, 2.45) is 5.92 Å². The minimum Gasteiger partial charge on any atom is -0.354 e. The number of benzene rings is 1. The van der Waals surface area contributed by atoms with Crippen LogP contribution in [0.25, 0.3) is 11.0 Å². The first kappa shape index (κ1) is 17.5. The number of aromatic nitrogens is 2. The van der Waals surface area contributed by atoms with Gasteiger partial charge in [0, 0.05) is 25.1 Å². The van der Waals surface area contributed by atoms with Crippen LogP contribution < -0.4 is 10.6 Å². The second-order valence-electron chi connectivity index (χ2n) is 6.78. The summed E-state index contributed by atoms with van der Waals surface area (Å²) in [6, 6.07) is 5.34. The van der Waals surface area contributed by atoms with Gasteiger partial charge in [-0.1, -0.05) is 32.1 Å². The number of hydrogen-bond donors (Lipinski definition) is 3. The van der Waals surface area contributed by atoms with E-state index in [4.69, 9.17) is 0 Å². The van der Waals surface area contributed by atoms with E-state index >= 15 is 0 Å². The molecule has 1 aromatic carbocycles. The first-order valence-electron chi connectivity index (χ1n) is 9.20. The summed E-state index contributed by atoms with van der Waals surface area (Å²) >= 11 is 0. The van der Waals surface area contributed by atoms with Crippen molar-refractivity contribution < 1.29 is 9.59 Å². The molecule has 6 heteroatoms. The number of fused-ring (bicyclic) bond motifs is 1. The lowest BCUT2D eigenvalue weighted by Crippen LogP contribution is -2.34. The molecule has 0 bridgehead atoms. The summed E-state index contributed by atoms with van der Waals surface area (Å²) < 4.78 is 0. The topological polar surface area (TPSA) is 86.9 Å². The Balaban J connectivity index is 1.33. The van der Waals surface area contributed by atoms with Gasteiger partial charge in [-0.25, -0.2) is 4.98 Å². The zero-order chi connectivity index (χ0) is 17.5. The maximum atomic E-state index is 12.1. The SMILES string of the molecule is O=C(CCC1CCCCC1)NCCNC(=O)c1ccc2nc[nH]c2c1. The Labute approximate surface area is 147 Å². The van der Waals surface area contributed by atoms with Gasteiger partial charge in [0.1, 0.15) is 0 Å². The van der Waals surface area contributed by atoms with E-state index in [-0.39, 0.29) is 11.8 Å². The molecule has 1 aliphatic carbocycles. The second-order valence-corrected chi connectivity index (χ2v) is 6.78. The number of nitrogens with zero attached hydrogens (tertiary/aromatic N) is 1. The Morgan fingerprint density at radius 1 is 1.12 bits per heavy atom. The number of rotatable bonds is 7. The minimum absolute atomic E-state index is 0.0821. The number of carbonyl (C=O) groups is 2. The second kappa shape index (κ2) is 8.65. The Kier molecular flexibility index (Phi) is 6.04. The summed E-state index contributed by atoms with van der Waals surface area (Å²) in [4.78, 5) is 31.1. The van der Waals surface area contributed by atoms with E-state index in [9.17, 15) is 9.59 Å². The predicted molar refractivity (Wildman–Crippen MR) is 97.2 cm³/mol. The fourth-order valence-electron chi connectivity index (χ4n) is 3.46. The van der Waals surface area contributed by atoms with E-state index in [0.717, 1.165) is 23.4 Å². The molecule has 3 N–H and O–H groups in total. The number of amides is 2. The van der Waals surface area contributed by atoms with Gasteiger partial charge in [0.2, 0.25) is 5.91 Å². The quantitative estimate of drug-likeness (QED) is 0.676. The summed E-state index contributed by atoms with van der Waals surface area (Å²) in [5.41, 5.74) is 2.26. The highest BCUT2D eigenvalue weighted by molar-refractivity contribution is 5.97. The molecule has 1 heterocycles. The smallest absolute Gasteiger partial charge is 0.251 e. The van der Waals surface area contributed by atoms with E-state index < -0.39 is 0 Å². The summed E-state index contributed by atoms with van der Waals surface area (Å²) in [6.45, 7) is 0.885. The van der Waals surface area contributed by atoms with Crippen LogP contribution in [-0.4, -0.2) is 34.9 Å². The Morgan fingerprint density at radius 2 is 1.92 bits per heavy atom. The molecule has 0 saturated heterocycles. The number of hydrogen-bond acceptors (Lipinski definition) is 3. The molecular weight excluding hydrogens is 316 g/mol. The molecule has 6 nitrogen and oxygen atoms in total. The van der Waals surface area contributed by atoms with Gasteiger partial charge in [-0.15, -0.1) is 0 Å². The van der Waals surface area contributed by atoms with Gasteiger partial charge in [-0.3, -0.25) is 9.59 Å². The molecule has 0 aliphatic heterocycles. The first-order valence-corrected chi connectivity index (χ1v) is 9.20. The van der Waals surface area contributed by atoms with E-state index in [0.29, 0.717) is 25.1 Å². The fourth-order valence-corrected chi connectivity index (χ4v) is 3.46. The van der Waals surface area contributed by atoms with Crippen molar-refractivity contribution in [1.29, 1.82) is 0 Å². The van der Waals surface area contributed by atoms with Crippen LogP contribution in [0.3, 0.4) is 0 Å². The first-order chi connectivity index (χ1) is 12.2. The largest absolute Gasteiger partial charge is 0.354 e. The molecule has 1 fully saturated rings. The van der Waals surface area contributed by atoms with E-state index in [2.05, 4.69) is 20.6 Å². The Morgan fingerprint density at radius 3 is 2.76 bits per heavy atom. The Bertz CT molecular complexity index is 719. The van der Waals surface area contributed by atoms with Crippen LogP contribution in [0, 0.1) is 5.92 Å². The summed E-state index contributed by atoms with van der Waals surface area (Å²) in [5, 5.41) is 5.71. The van der Waals surface area contributed by atoms with Crippen LogP contribution in [0.15, 0.2) is 24.5 Å². The van der Waals surface area contributed by atoms with Crippen LogP contribution in [0.5, 0.6) is 0 Å². The molecule has 0 atom stereocenters. The molecule has 2 amide bonds. The lowest BCUT2D eigenvalue weighted by Gasteiger charge is -2.20. The molecule has 0 spiro atoms. The van der Waals surface area contributed by atoms with Crippen molar-refractivity contribution in [3.05, 3.63) is 30.1 Å². The minimum atomic E-state index is -0.145.